The summed E-state index contributed by atoms with van der Waals surface area (Å²) in [6, 6.07) is 6.39. The molecule has 0 radical (unpaired) electrons. The summed E-state index contributed by atoms with van der Waals surface area (Å²) in [5.74, 6) is -0.628. The number of carbonyl (C=O) groups excluding carboxylic acids is 2. The monoisotopic (exact) mass is 387 g/mol. The molecule has 7 nitrogen and oxygen atoms in total. The van der Waals surface area contributed by atoms with Crippen molar-refractivity contribution in [1.82, 2.24) is 0 Å². The molecule has 1 heterocycles. The zero-order valence-electron chi connectivity index (χ0n) is 14.7. The molecule has 0 aromatic heterocycles. The Labute approximate surface area is 156 Å². The number of sulfone groups is 1. The van der Waals surface area contributed by atoms with Gasteiger partial charge >= 0.3 is 5.97 Å². The Kier molecular flexibility index (Phi) is 5.09. The van der Waals surface area contributed by atoms with Gasteiger partial charge in [0.05, 0.1) is 23.5 Å². The van der Waals surface area contributed by atoms with Gasteiger partial charge in [0.1, 0.15) is 5.75 Å². The van der Waals surface area contributed by atoms with Gasteiger partial charge in [0.15, 0.2) is 27.4 Å². The molecular formula is C19H17NO6S. The van der Waals surface area contributed by atoms with E-state index < -0.39 is 27.7 Å². The number of benzene rings is 1. The molecule has 0 amide bonds. The summed E-state index contributed by atoms with van der Waals surface area (Å²) < 4.78 is 34.3. The number of methoxy groups -OCH3 is 1. The van der Waals surface area contributed by atoms with Crippen LogP contribution in [0.25, 0.3) is 0 Å². The highest BCUT2D eigenvalue weighted by Gasteiger charge is 2.30. The Hall–Kier alpha value is -3.00. The number of rotatable bonds is 5. The third kappa shape index (κ3) is 3.90. The van der Waals surface area contributed by atoms with Crippen LogP contribution in [0, 0.1) is 0 Å². The van der Waals surface area contributed by atoms with E-state index in [2.05, 4.69) is 4.99 Å². The largest absolute Gasteiger partial charge is 0.497 e. The fourth-order valence-electron chi connectivity index (χ4n) is 2.53. The topological polar surface area (TPSA) is 99.1 Å². The van der Waals surface area contributed by atoms with Gasteiger partial charge in [0.2, 0.25) is 0 Å². The lowest BCUT2D eigenvalue weighted by Crippen LogP contribution is -2.32. The molecule has 1 aromatic carbocycles. The molecule has 0 fully saturated rings. The number of aliphatic imine (C=N–C) groups is 1. The molecule has 2 aliphatic rings. The first-order chi connectivity index (χ1) is 12.8. The van der Waals surface area contributed by atoms with Crippen molar-refractivity contribution in [3.63, 3.8) is 0 Å². The third-order valence-electron chi connectivity index (χ3n) is 4.09. The Bertz CT molecular complexity index is 1010. The van der Waals surface area contributed by atoms with Gasteiger partial charge in [-0.25, -0.2) is 18.2 Å². The first-order valence-corrected chi connectivity index (χ1v) is 9.81. The lowest BCUT2D eigenvalue weighted by atomic mass is 10.1. The molecule has 0 bridgehead atoms. The van der Waals surface area contributed by atoms with Gasteiger partial charge in [-0.05, 0) is 42.5 Å². The quantitative estimate of drug-likeness (QED) is 0.435. The smallest absolute Gasteiger partial charge is 0.358 e. The normalized spacial score (nSPS) is 20.4. The minimum absolute atomic E-state index is 0.0560. The van der Waals surface area contributed by atoms with Crippen LogP contribution in [0.4, 0.5) is 0 Å². The van der Waals surface area contributed by atoms with Crippen molar-refractivity contribution >= 4 is 27.3 Å². The minimum atomic E-state index is -3.42. The van der Waals surface area contributed by atoms with E-state index in [1.54, 1.807) is 24.3 Å². The zero-order chi connectivity index (χ0) is 19.6. The summed E-state index contributed by atoms with van der Waals surface area (Å²) in [4.78, 5) is 28.7. The Balaban J connectivity index is 1.93. The van der Waals surface area contributed by atoms with Crippen LogP contribution in [0.5, 0.6) is 5.75 Å². The lowest BCUT2D eigenvalue weighted by Gasteiger charge is -2.23. The molecule has 1 aromatic rings. The number of esters is 1. The molecule has 3 rings (SSSR count). The molecule has 0 spiro atoms. The third-order valence-corrected chi connectivity index (χ3v) is 5.82. The number of ketones is 1. The highest BCUT2D eigenvalue weighted by molar-refractivity contribution is 7.95. The SMILES string of the molecule is CCS(=O)(=O)C1=CC2=N/C(=C\C(=O)c3ccc(OC)cc3)C(=O)OC2C=C1. The highest BCUT2D eigenvalue weighted by Crippen LogP contribution is 2.23. The molecule has 140 valence electrons. The number of fused-ring (bicyclic) bond motifs is 1. The first kappa shape index (κ1) is 18.8. The number of allylic oxidation sites excluding steroid dienone is 2. The van der Waals surface area contributed by atoms with E-state index in [0.29, 0.717) is 11.3 Å². The second kappa shape index (κ2) is 7.32. The van der Waals surface area contributed by atoms with Gasteiger partial charge in [0.25, 0.3) is 0 Å². The number of hydrogen-bond donors (Lipinski definition) is 0. The molecule has 0 saturated carbocycles. The van der Waals surface area contributed by atoms with Crippen molar-refractivity contribution in [2.45, 2.75) is 13.0 Å². The maximum absolute atomic E-state index is 12.4. The van der Waals surface area contributed by atoms with Crippen LogP contribution in [0.2, 0.25) is 0 Å². The lowest BCUT2D eigenvalue weighted by molar-refractivity contribution is -0.140. The number of carbonyl (C=O) groups is 2. The van der Waals surface area contributed by atoms with E-state index >= 15 is 0 Å². The second-order valence-electron chi connectivity index (χ2n) is 5.79. The predicted octanol–water partition coefficient (Wildman–Crippen LogP) is 2.02. The summed E-state index contributed by atoms with van der Waals surface area (Å²) in [6.45, 7) is 1.54. The van der Waals surface area contributed by atoms with Gasteiger partial charge in [-0.2, -0.15) is 0 Å². The number of nitrogens with zero attached hydrogens (tertiary/aromatic N) is 1. The summed E-state index contributed by atoms with van der Waals surface area (Å²) in [5, 5.41) is 0. The number of hydrogen-bond acceptors (Lipinski definition) is 7. The summed E-state index contributed by atoms with van der Waals surface area (Å²) in [5.41, 5.74) is 0.437. The Morgan fingerprint density at radius 1 is 1.30 bits per heavy atom. The van der Waals surface area contributed by atoms with Crippen LogP contribution in [0.3, 0.4) is 0 Å². The zero-order valence-corrected chi connectivity index (χ0v) is 15.5. The fraction of sp³-hybridized carbons (Fsp3) is 0.211. The maximum atomic E-state index is 12.4. The average Bonchev–Trinajstić information content (AvgIpc) is 2.68. The molecule has 8 heteroatoms. The van der Waals surface area contributed by atoms with E-state index in [1.165, 1.54) is 32.3 Å². The van der Waals surface area contributed by atoms with Crippen molar-refractivity contribution in [3.8, 4) is 5.75 Å². The fourth-order valence-corrected chi connectivity index (χ4v) is 3.45. The molecule has 0 saturated heterocycles. The van der Waals surface area contributed by atoms with E-state index in [1.807, 2.05) is 0 Å². The van der Waals surface area contributed by atoms with Gasteiger partial charge < -0.3 is 9.47 Å². The van der Waals surface area contributed by atoms with Gasteiger partial charge in [-0.1, -0.05) is 6.92 Å². The summed E-state index contributed by atoms with van der Waals surface area (Å²) in [7, 11) is -1.90. The molecule has 27 heavy (non-hydrogen) atoms. The van der Waals surface area contributed by atoms with Crippen LogP contribution in [0.1, 0.15) is 17.3 Å². The van der Waals surface area contributed by atoms with Crippen molar-refractivity contribution in [3.05, 3.63) is 64.7 Å². The summed E-state index contributed by atoms with van der Waals surface area (Å²) >= 11 is 0. The van der Waals surface area contributed by atoms with Gasteiger partial charge in [-0.3, -0.25) is 4.79 Å². The van der Waals surface area contributed by atoms with Gasteiger partial charge in [0, 0.05) is 11.6 Å². The highest BCUT2D eigenvalue weighted by atomic mass is 32.2. The molecule has 1 aliphatic carbocycles. The number of ether oxygens (including phenoxy) is 2. The molecule has 1 atom stereocenters. The van der Waals surface area contributed by atoms with E-state index in [9.17, 15) is 18.0 Å². The maximum Gasteiger partial charge on any atom is 0.358 e. The van der Waals surface area contributed by atoms with Crippen LogP contribution in [-0.4, -0.2) is 44.8 Å². The van der Waals surface area contributed by atoms with Crippen LogP contribution < -0.4 is 4.74 Å². The standard InChI is InChI=1S/C19H17NO6S/c1-3-27(23,24)14-8-9-18-15(10-14)20-16(19(22)26-18)11-17(21)12-4-6-13(25-2)7-5-12/h4-11,18H,3H2,1-2H3/b16-11-. The summed E-state index contributed by atoms with van der Waals surface area (Å²) in [6.07, 6.45) is 4.53. The molecule has 1 unspecified atom stereocenters. The first-order valence-electron chi connectivity index (χ1n) is 8.16. The van der Waals surface area contributed by atoms with Gasteiger partial charge in [-0.15, -0.1) is 0 Å². The van der Waals surface area contributed by atoms with E-state index in [4.69, 9.17) is 9.47 Å². The van der Waals surface area contributed by atoms with Crippen LogP contribution in [-0.2, 0) is 19.4 Å². The van der Waals surface area contributed by atoms with Crippen molar-refractivity contribution < 1.29 is 27.5 Å². The second-order valence-corrected chi connectivity index (χ2v) is 8.07. The van der Waals surface area contributed by atoms with Crippen LogP contribution in [0.15, 0.2) is 64.2 Å². The minimum Gasteiger partial charge on any atom is -0.497 e. The molecular weight excluding hydrogens is 370 g/mol. The molecule has 1 aliphatic heterocycles. The Morgan fingerprint density at radius 2 is 2.00 bits per heavy atom. The Morgan fingerprint density at radius 3 is 2.63 bits per heavy atom. The van der Waals surface area contributed by atoms with Crippen molar-refractivity contribution in [1.29, 1.82) is 0 Å². The van der Waals surface area contributed by atoms with Crippen molar-refractivity contribution in [2.75, 3.05) is 12.9 Å². The van der Waals surface area contributed by atoms with Crippen molar-refractivity contribution in [2.24, 2.45) is 4.99 Å². The molecule has 0 N–H and O–H groups in total. The average molecular weight is 387 g/mol. The van der Waals surface area contributed by atoms with E-state index in [-0.39, 0.29) is 22.1 Å². The predicted molar refractivity (Wildman–Crippen MR) is 99.4 cm³/mol. The van der Waals surface area contributed by atoms with E-state index in [0.717, 1.165) is 6.08 Å². The van der Waals surface area contributed by atoms with Crippen LogP contribution >= 0.6 is 0 Å².